The molecule has 0 aromatic carbocycles. The molecule has 152 valence electrons. The third kappa shape index (κ3) is 10.6. The summed E-state index contributed by atoms with van der Waals surface area (Å²) in [4.78, 5) is 36.8. The summed E-state index contributed by atoms with van der Waals surface area (Å²) in [5.41, 5.74) is -0.335. The van der Waals surface area contributed by atoms with Crippen molar-refractivity contribution in [1.29, 1.82) is 0 Å². The summed E-state index contributed by atoms with van der Waals surface area (Å²) in [5.74, 6) is -0.181. The van der Waals surface area contributed by atoms with Crippen LogP contribution in [0.2, 0.25) is 0 Å². The smallest absolute Gasteiger partial charge is 0.328 e. The van der Waals surface area contributed by atoms with Gasteiger partial charge < -0.3 is 4.74 Å². The van der Waals surface area contributed by atoms with Crippen LogP contribution in [0.4, 0.5) is 0 Å². The van der Waals surface area contributed by atoms with Crippen LogP contribution in [0, 0.1) is 6.92 Å². The van der Waals surface area contributed by atoms with Gasteiger partial charge in [-0.05, 0) is 19.4 Å². The minimum atomic E-state index is -0.447. The highest BCUT2D eigenvalue weighted by Crippen LogP contribution is 2.10. The first-order valence-electron chi connectivity index (χ1n) is 10.2. The molecular weight excluding hydrogens is 344 g/mol. The van der Waals surface area contributed by atoms with Crippen molar-refractivity contribution in [2.75, 3.05) is 6.61 Å². The number of unbranched alkanes of at least 4 members (excludes halogenated alkanes) is 8. The molecule has 1 N–H and O–H groups in total. The number of nitrogens with one attached hydrogen (secondary N) is 1. The summed E-state index contributed by atoms with van der Waals surface area (Å²) in [6.07, 6.45) is 16.4. The molecule has 1 heterocycles. The lowest BCUT2D eigenvalue weighted by atomic mass is 10.1. The maximum Gasteiger partial charge on any atom is 0.328 e. The van der Waals surface area contributed by atoms with E-state index < -0.39 is 5.69 Å². The van der Waals surface area contributed by atoms with Crippen LogP contribution in [-0.4, -0.2) is 22.1 Å². The van der Waals surface area contributed by atoms with Gasteiger partial charge in [0.2, 0.25) is 0 Å². The molecule has 0 fully saturated rings. The molecule has 1 rings (SSSR count). The van der Waals surface area contributed by atoms with E-state index in [1.165, 1.54) is 55.7 Å². The second-order valence-electron chi connectivity index (χ2n) is 6.96. The summed E-state index contributed by atoms with van der Waals surface area (Å²) in [6.45, 7) is 4.40. The largest absolute Gasteiger partial charge is 0.461 e. The summed E-state index contributed by atoms with van der Waals surface area (Å²) >= 11 is 0. The maximum atomic E-state index is 11.7. The molecular formula is C21H34N2O4. The van der Waals surface area contributed by atoms with Gasteiger partial charge in [0.1, 0.15) is 6.61 Å². The summed E-state index contributed by atoms with van der Waals surface area (Å²) in [7, 11) is 0. The van der Waals surface area contributed by atoms with Crippen LogP contribution in [0.5, 0.6) is 0 Å². The van der Waals surface area contributed by atoms with Gasteiger partial charge in [-0.2, -0.15) is 0 Å². The number of aryl methyl sites for hydroxylation is 1. The Bertz CT molecular complexity index is 688. The minimum Gasteiger partial charge on any atom is -0.461 e. The van der Waals surface area contributed by atoms with Crippen LogP contribution in [0.1, 0.15) is 76.7 Å². The molecule has 0 aliphatic rings. The first-order valence-corrected chi connectivity index (χ1v) is 10.2. The van der Waals surface area contributed by atoms with Crippen LogP contribution in [0.25, 0.3) is 0 Å². The lowest BCUT2D eigenvalue weighted by Gasteiger charge is -2.04. The Kier molecular flexibility index (Phi) is 11.9. The SMILES string of the molecule is CCCCCCCCCCCC(=O)OC/C=C\Cn1cc(C)c(=O)[nH]c1=O. The third-order valence-electron chi connectivity index (χ3n) is 4.48. The van der Waals surface area contributed by atoms with Crippen molar-refractivity contribution in [2.45, 2.75) is 84.6 Å². The number of carbonyl (C=O) groups excluding carboxylic acids is 1. The van der Waals surface area contributed by atoms with E-state index in [-0.39, 0.29) is 18.1 Å². The fourth-order valence-corrected chi connectivity index (χ4v) is 2.80. The molecule has 0 bridgehead atoms. The van der Waals surface area contributed by atoms with Gasteiger partial charge in [0.15, 0.2) is 0 Å². The van der Waals surface area contributed by atoms with Crippen molar-refractivity contribution < 1.29 is 9.53 Å². The molecule has 0 aliphatic heterocycles. The Hall–Kier alpha value is -2.11. The summed E-state index contributed by atoms with van der Waals surface area (Å²) in [5, 5.41) is 0. The number of allylic oxidation sites excluding steroid dienone is 1. The van der Waals surface area contributed by atoms with Crippen LogP contribution >= 0.6 is 0 Å². The predicted octanol–water partition coefficient (Wildman–Crippen LogP) is 3.87. The first-order chi connectivity index (χ1) is 13.0. The number of carbonyl (C=O) groups is 1. The highest BCUT2D eigenvalue weighted by atomic mass is 16.5. The molecule has 0 atom stereocenters. The molecule has 0 amide bonds. The molecule has 0 spiro atoms. The number of hydrogen-bond acceptors (Lipinski definition) is 4. The average molecular weight is 379 g/mol. The second kappa shape index (κ2) is 14.0. The van der Waals surface area contributed by atoms with E-state index in [0.29, 0.717) is 18.5 Å². The Balaban J connectivity index is 2.07. The van der Waals surface area contributed by atoms with Gasteiger partial charge in [-0.1, -0.05) is 64.4 Å². The van der Waals surface area contributed by atoms with E-state index in [1.807, 2.05) is 0 Å². The molecule has 0 aliphatic carbocycles. The van der Waals surface area contributed by atoms with Crippen LogP contribution in [-0.2, 0) is 16.1 Å². The number of aromatic nitrogens is 2. The molecule has 0 radical (unpaired) electrons. The molecule has 27 heavy (non-hydrogen) atoms. The lowest BCUT2D eigenvalue weighted by Crippen LogP contribution is -2.30. The second-order valence-corrected chi connectivity index (χ2v) is 6.96. The first kappa shape index (κ1) is 22.9. The van der Waals surface area contributed by atoms with E-state index in [0.717, 1.165) is 12.8 Å². The molecule has 6 nitrogen and oxygen atoms in total. The average Bonchev–Trinajstić information content (AvgIpc) is 2.64. The van der Waals surface area contributed by atoms with Crippen molar-refractivity contribution >= 4 is 5.97 Å². The van der Waals surface area contributed by atoms with E-state index in [4.69, 9.17) is 4.74 Å². The normalized spacial score (nSPS) is 11.2. The summed E-state index contributed by atoms with van der Waals surface area (Å²) in [6, 6.07) is 0. The number of hydrogen-bond donors (Lipinski definition) is 1. The van der Waals surface area contributed by atoms with Crippen molar-refractivity contribution in [3.8, 4) is 0 Å². The van der Waals surface area contributed by atoms with Gasteiger partial charge in [0.25, 0.3) is 5.56 Å². The number of rotatable bonds is 14. The van der Waals surface area contributed by atoms with Gasteiger partial charge in [0.05, 0.1) is 0 Å². The van der Waals surface area contributed by atoms with E-state index >= 15 is 0 Å². The predicted molar refractivity (Wildman–Crippen MR) is 108 cm³/mol. The highest BCUT2D eigenvalue weighted by Gasteiger charge is 2.02. The monoisotopic (exact) mass is 378 g/mol. The lowest BCUT2D eigenvalue weighted by molar-refractivity contribution is -0.142. The fourth-order valence-electron chi connectivity index (χ4n) is 2.80. The molecule has 0 saturated carbocycles. The van der Waals surface area contributed by atoms with Gasteiger partial charge in [-0.15, -0.1) is 0 Å². The van der Waals surface area contributed by atoms with E-state index in [2.05, 4.69) is 11.9 Å². The zero-order valence-corrected chi connectivity index (χ0v) is 16.8. The van der Waals surface area contributed by atoms with E-state index in [9.17, 15) is 14.4 Å². The van der Waals surface area contributed by atoms with Gasteiger partial charge in [-0.3, -0.25) is 19.1 Å². The molecule has 1 aromatic heterocycles. The van der Waals surface area contributed by atoms with Crippen molar-refractivity contribution in [3.05, 3.63) is 44.8 Å². The Morgan fingerprint density at radius 1 is 1.04 bits per heavy atom. The topological polar surface area (TPSA) is 81.2 Å². The van der Waals surface area contributed by atoms with Crippen LogP contribution in [0.15, 0.2) is 27.9 Å². The molecule has 1 aromatic rings. The van der Waals surface area contributed by atoms with Crippen LogP contribution < -0.4 is 11.2 Å². The number of H-pyrrole nitrogens is 1. The van der Waals surface area contributed by atoms with Crippen molar-refractivity contribution in [3.63, 3.8) is 0 Å². The van der Waals surface area contributed by atoms with Gasteiger partial charge in [0, 0.05) is 24.7 Å². The van der Waals surface area contributed by atoms with Crippen LogP contribution in [0.3, 0.4) is 0 Å². The maximum absolute atomic E-state index is 11.7. The Labute approximate surface area is 161 Å². The zero-order valence-electron chi connectivity index (χ0n) is 16.8. The van der Waals surface area contributed by atoms with Gasteiger partial charge in [-0.25, -0.2) is 4.79 Å². The van der Waals surface area contributed by atoms with Crippen molar-refractivity contribution in [1.82, 2.24) is 9.55 Å². The highest BCUT2D eigenvalue weighted by molar-refractivity contribution is 5.69. The third-order valence-corrected chi connectivity index (χ3v) is 4.48. The molecule has 6 heteroatoms. The standard InChI is InChI=1S/C21H34N2O4/c1-3-4-5-6-7-8-9-10-11-14-19(24)27-16-13-12-15-23-17-18(2)20(25)22-21(23)26/h12-13,17H,3-11,14-16H2,1-2H3,(H,22,25,26)/b13-12-. The number of esters is 1. The fraction of sp³-hybridized carbons (Fsp3) is 0.667. The number of ether oxygens (including phenoxy) is 1. The zero-order chi connectivity index (χ0) is 19.9. The Morgan fingerprint density at radius 3 is 2.33 bits per heavy atom. The number of aromatic amines is 1. The number of nitrogens with zero attached hydrogens (tertiary/aromatic N) is 1. The Morgan fingerprint density at radius 2 is 1.67 bits per heavy atom. The quantitative estimate of drug-likeness (QED) is 0.303. The van der Waals surface area contributed by atoms with Crippen molar-refractivity contribution in [2.24, 2.45) is 0 Å². The van der Waals surface area contributed by atoms with Gasteiger partial charge >= 0.3 is 11.7 Å². The molecule has 0 unspecified atom stereocenters. The minimum absolute atomic E-state index is 0.181. The van der Waals surface area contributed by atoms with E-state index in [1.54, 1.807) is 19.1 Å². The molecule has 0 saturated heterocycles. The summed E-state index contributed by atoms with van der Waals surface area (Å²) < 4.78 is 6.55.